The van der Waals surface area contributed by atoms with E-state index in [1.54, 1.807) is 19.1 Å². The van der Waals surface area contributed by atoms with Gasteiger partial charge < -0.3 is 15.5 Å². The van der Waals surface area contributed by atoms with Crippen molar-refractivity contribution in [1.29, 1.82) is 0 Å². The third-order valence-electron chi connectivity index (χ3n) is 4.46. The van der Waals surface area contributed by atoms with Crippen LogP contribution < -0.4 is 11.1 Å². The van der Waals surface area contributed by atoms with Crippen LogP contribution in [0.5, 0.6) is 0 Å². The van der Waals surface area contributed by atoms with Gasteiger partial charge in [-0.3, -0.25) is 14.3 Å². The molecule has 0 aliphatic rings. The molecule has 31 heavy (non-hydrogen) atoms. The molecule has 0 fully saturated rings. The maximum absolute atomic E-state index is 13.4. The van der Waals surface area contributed by atoms with E-state index in [1.807, 2.05) is 0 Å². The van der Waals surface area contributed by atoms with Gasteiger partial charge in [-0.05, 0) is 25.1 Å². The van der Waals surface area contributed by atoms with Crippen LogP contribution in [0.15, 0.2) is 35.1 Å². The summed E-state index contributed by atoms with van der Waals surface area (Å²) in [5.41, 5.74) is 5.36. The van der Waals surface area contributed by atoms with Gasteiger partial charge in [-0.1, -0.05) is 11.6 Å². The van der Waals surface area contributed by atoms with Crippen molar-refractivity contribution in [1.82, 2.24) is 14.8 Å². The molecule has 0 radical (unpaired) electrons. The fourth-order valence-corrected chi connectivity index (χ4v) is 4.39. The Morgan fingerprint density at radius 2 is 2.19 bits per heavy atom. The van der Waals surface area contributed by atoms with Crippen molar-refractivity contribution in [3.8, 4) is 11.3 Å². The predicted molar refractivity (Wildman–Crippen MR) is 112 cm³/mol. The number of nitrogens with one attached hydrogen (secondary N) is 1. The van der Waals surface area contributed by atoms with Crippen LogP contribution in [0.2, 0.25) is 5.02 Å². The smallest absolute Gasteiger partial charge is 0.280 e. The Bertz CT molecular complexity index is 1300. The van der Waals surface area contributed by atoms with Crippen LogP contribution in [0.4, 0.5) is 14.5 Å². The second-order valence-corrected chi connectivity index (χ2v) is 7.74. The van der Waals surface area contributed by atoms with E-state index in [9.17, 15) is 18.4 Å². The summed E-state index contributed by atoms with van der Waals surface area (Å²) < 4.78 is 33.6. The average Bonchev–Trinajstić information content (AvgIpc) is 3.45. The quantitative estimate of drug-likeness (QED) is 0.427. The summed E-state index contributed by atoms with van der Waals surface area (Å²) in [4.78, 5) is 29.1. The van der Waals surface area contributed by atoms with E-state index in [-0.39, 0.29) is 42.8 Å². The summed E-state index contributed by atoms with van der Waals surface area (Å²) in [5, 5.41) is 7.03. The minimum atomic E-state index is -2.85. The van der Waals surface area contributed by atoms with Gasteiger partial charge in [0.05, 0.1) is 23.2 Å². The predicted octanol–water partition coefficient (Wildman–Crippen LogP) is 4.71. The van der Waals surface area contributed by atoms with Gasteiger partial charge in [0.15, 0.2) is 0 Å². The molecule has 2 amide bonds. The zero-order valence-corrected chi connectivity index (χ0v) is 17.4. The van der Waals surface area contributed by atoms with Crippen LogP contribution >= 0.6 is 22.9 Å². The molecule has 0 atom stereocenters. The molecule has 0 spiro atoms. The number of aryl methyl sites for hydroxylation is 1. The van der Waals surface area contributed by atoms with Gasteiger partial charge in [0, 0.05) is 17.5 Å². The number of fused-ring (bicyclic) bond motifs is 1. The van der Waals surface area contributed by atoms with E-state index in [2.05, 4.69) is 15.4 Å². The first-order chi connectivity index (χ1) is 14.8. The number of carbonyl (C=O) groups excluding carboxylic acids is 2. The molecule has 8 nitrogen and oxygen atoms in total. The summed E-state index contributed by atoms with van der Waals surface area (Å²) >= 11 is 6.90. The molecule has 0 unspecified atom stereocenters. The third kappa shape index (κ3) is 3.66. The van der Waals surface area contributed by atoms with Gasteiger partial charge in [0.2, 0.25) is 0 Å². The van der Waals surface area contributed by atoms with Crippen molar-refractivity contribution in [2.24, 2.45) is 5.73 Å². The van der Waals surface area contributed by atoms with Crippen LogP contribution in [0.3, 0.4) is 0 Å². The van der Waals surface area contributed by atoms with Crippen LogP contribution in [0, 0.1) is 0 Å². The molecule has 0 bridgehead atoms. The van der Waals surface area contributed by atoms with Gasteiger partial charge in [-0.25, -0.2) is 13.8 Å². The fourth-order valence-electron chi connectivity index (χ4n) is 3.15. The molecule has 4 rings (SSSR count). The molecule has 0 saturated carbocycles. The maximum atomic E-state index is 13.4. The number of halogens is 3. The van der Waals surface area contributed by atoms with Crippen molar-refractivity contribution in [3.05, 3.63) is 51.9 Å². The Morgan fingerprint density at radius 1 is 1.42 bits per heavy atom. The van der Waals surface area contributed by atoms with Crippen LogP contribution in [0.25, 0.3) is 21.5 Å². The van der Waals surface area contributed by atoms with E-state index >= 15 is 0 Å². The number of nitrogens with zero attached hydrogens (tertiary/aromatic N) is 3. The zero-order chi connectivity index (χ0) is 22.3. The lowest BCUT2D eigenvalue weighted by molar-refractivity contribution is 0.100. The number of carbonyl (C=O) groups is 2. The lowest BCUT2D eigenvalue weighted by Gasteiger charge is -2.10. The summed E-state index contributed by atoms with van der Waals surface area (Å²) in [6.07, 6.45) is -0.151. The second kappa shape index (κ2) is 8.08. The number of nitrogens with two attached hydrogens (primary N) is 1. The summed E-state index contributed by atoms with van der Waals surface area (Å²) in [6, 6.07) is 4.31. The highest BCUT2D eigenvalue weighted by molar-refractivity contribution is 7.21. The molecule has 4 aromatic rings. The minimum Gasteiger partial charge on any atom is -0.464 e. The molecule has 3 N–H and O–H groups in total. The molecule has 0 saturated heterocycles. The molecule has 4 heterocycles. The Hall–Kier alpha value is -3.31. The lowest BCUT2D eigenvalue weighted by Crippen LogP contribution is -2.20. The maximum Gasteiger partial charge on any atom is 0.280 e. The van der Waals surface area contributed by atoms with Crippen molar-refractivity contribution in [3.63, 3.8) is 0 Å². The lowest BCUT2D eigenvalue weighted by atomic mass is 10.1. The first-order valence-electron chi connectivity index (χ1n) is 8.93. The number of thiophene rings is 1. The van der Waals surface area contributed by atoms with E-state index in [0.717, 1.165) is 17.4 Å². The zero-order valence-electron chi connectivity index (χ0n) is 15.9. The van der Waals surface area contributed by atoms with Crippen molar-refractivity contribution in [2.75, 3.05) is 5.32 Å². The van der Waals surface area contributed by atoms with Crippen LogP contribution in [-0.4, -0.2) is 26.6 Å². The SMILES string of the molecule is CCn1ncc(Cl)c1C(=O)Nc1c(C(N)=O)sc2nc(C(F)F)cc(-c3ccco3)c12. The van der Waals surface area contributed by atoms with Gasteiger partial charge >= 0.3 is 0 Å². The highest BCUT2D eigenvalue weighted by atomic mass is 35.5. The van der Waals surface area contributed by atoms with E-state index in [4.69, 9.17) is 21.8 Å². The second-order valence-electron chi connectivity index (χ2n) is 6.33. The Labute approximate surface area is 182 Å². The summed E-state index contributed by atoms with van der Waals surface area (Å²) in [7, 11) is 0. The normalized spacial score (nSPS) is 11.4. The number of alkyl halides is 2. The van der Waals surface area contributed by atoms with Gasteiger partial charge in [0.1, 0.15) is 26.9 Å². The van der Waals surface area contributed by atoms with Crippen LogP contribution in [-0.2, 0) is 6.54 Å². The molecular weight excluding hydrogens is 452 g/mol. The largest absolute Gasteiger partial charge is 0.464 e. The number of hydrogen-bond acceptors (Lipinski definition) is 6. The van der Waals surface area contributed by atoms with Gasteiger partial charge in [0.25, 0.3) is 18.2 Å². The van der Waals surface area contributed by atoms with Gasteiger partial charge in [-0.15, -0.1) is 11.3 Å². The molecule has 4 aromatic heterocycles. The minimum absolute atomic E-state index is 0.0390. The molecular formula is C19H14ClF2N5O3S. The number of furan rings is 1. The van der Waals surface area contributed by atoms with Crippen LogP contribution in [0.1, 0.15) is 39.2 Å². The Morgan fingerprint density at radius 3 is 2.81 bits per heavy atom. The molecule has 160 valence electrons. The monoisotopic (exact) mass is 465 g/mol. The summed E-state index contributed by atoms with van der Waals surface area (Å²) in [5.74, 6) is -1.23. The molecule has 0 aliphatic carbocycles. The number of aromatic nitrogens is 3. The molecule has 12 heteroatoms. The Kier molecular flexibility index (Phi) is 5.46. The molecule has 0 aromatic carbocycles. The number of anilines is 1. The highest BCUT2D eigenvalue weighted by Crippen LogP contribution is 2.42. The number of rotatable bonds is 6. The molecule has 0 aliphatic heterocycles. The van der Waals surface area contributed by atoms with E-state index < -0.39 is 23.9 Å². The Balaban J connectivity index is 1.95. The van der Waals surface area contributed by atoms with Crippen molar-refractivity contribution < 1.29 is 22.8 Å². The third-order valence-corrected chi connectivity index (χ3v) is 5.84. The van der Waals surface area contributed by atoms with Gasteiger partial charge in [-0.2, -0.15) is 5.10 Å². The highest BCUT2D eigenvalue weighted by Gasteiger charge is 2.27. The summed E-state index contributed by atoms with van der Waals surface area (Å²) in [6.45, 7) is 2.15. The number of pyridine rings is 1. The van der Waals surface area contributed by atoms with E-state index in [1.165, 1.54) is 17.1 Å². The first kappa shape index (κ1) is 20.9. The standard InChI is InChI=1S/C19H14ClF2N5O3S/c1-2-27-14(9(20)7-24-27)18(29)26-13-12-8(11-4-3-5-30-11)6-10(16(21)22)25-19(12)31-15(13)17(23)28/h3-7,16H,2H2,1H3,(H2,23,28)(H,26,29). The number of primary amides is 1. The van der Waals surface area contributed by atoms with Crippen molar-refractivity contribution in [2.45, 2.75) is 19.9 Å². The topological polar surface area (TPSA) is 116 Å². The van der Waals surface area contributed by atoms with Crippen molar-refractivity contribution >= 4 is 50.7 Å². The first-order valence-corrected chi connectivity index (χ1v) is 10.1. The number of hydrogen-bond donors (Lipinski definition) is 2. The average molecular weight is 466 g/mol. The number of amides is 2. The van der Waals surface area contributed by atoms with E-state index in [0.29, 0.717) is 6.54 Å². The fraction of sp³-hybridized carbons (Fsp3) is 0.158.